The maximum absolute atomic E-state index is 14.9. The molecule has 0 saturated carbocycles. The molecule has 9 N–H and O–H groups in total. The number of amides is 6. The van der Waals surface area contributed by atoms with Gasteiger partial charge in [-0.05, 0) is 84.0 Å². The van der Waals surface area contributed by atoms with E-state index in [-0.39, 0.29) is 58.0 Å². The molecule has 0 radical (unpaired) electrons. The van der Waals surface area contributed by atoms with E-state index in [4.69, 9.17) is 16.2 Å². The predicted octanol–water partition coefficient (Wildman–Crippen LogP) is 2.64. The van der Waals surface area contributed by atoms with E-state index in [0.717, 1.165) is 41.2 Å². The third-order valence-corrected chi connectivity index (χ3v) is 12.2. The number of nitrogens with two attached hydrogens (primary N) is 2. The van der Waals surface area contributed by atoms with Gasteiger partial charge in [-0.15, -0.1) is 0 Å². The Bertz CT molecular complexity index is 2320. The number of fused-ring (bicyclic) bond motifs is 3. The highest BCUT2D eigenvalue weighted by Gasteiger charge is 2.44. The molecule has 2 aliphatic rings. The van der Waals surface area contributed by atoms with Gasteiger partial charge in [0.25, 0.3) is 0 Å². The molecule has 0 aromatic heterocycles. The van der Waals surface area contributed by atoms with Crippen LogP contribution in [0.15, 0.2) is 115 Å². The lowest BCUT2D eigenvalue weighted by Gasteiger charge is -2.42. The molecule has 4 aromatic rings. The highest BCUT2D eigenvalue weighted by atomic mass is 16.5. The van der Waals surface area contributed by atoms with E-state index < -0.39 is 47.0 Å². The van der Waals surface area contributed by atoms with Gasteiger partial charge in [0.1, 0.15) is 12.1 Å². The topological polar surface area (TPSA) is 227 Å². The van der Waals surface area contributed by atoms with Gasteiger partial charge in [0.15, 0.2) is 0 Å². The highest BCUT2D eigenvalue weighted by Crippen LogP contribution is 2.35. The molecule has 2 bridgehead atoms. The Morgan fingerprint density at radius 2 is 1.46 bits per heavy atom. The first-order valence-electron chi connectivity index (χ1n) is 23.2. The number of carbonyl (C=O) groups is 6. The van der Waals surface area contributed by atoms with Crippen LogP contribution in [-0.2, 0) is 65.7 Å². The minimum absolute atomic E-state index is 0.0150. The Morgan fingerprint density at radius 3 is 2.18 bits per heavy atom. The van der Waals surface area contributed by atoms with Crippen molar-refractivity contribution < 1.29 is 33.5 Å². The molecule has 0 aliphatic carbocycles. The second-order valence-corrected chi connectivity index (χ2v) is 17.2. The van der Waals surface area contributed by atoms with Crippen LogP contribution in [0.2, 0.25) is 0 Å². The lowest BCUT2D eigenvalue weighted by atomic mass is 9.74. The number of nitrogens with one attached hydrogen (secondary N) is 5. The second kappa shape index (κ2) is 25.3. The zero-order valence-corrected chi connectivity index (χ0v) is 38.1. The van der Waals surface area contributed by atoms with E-state index in [2.05, 4.69) is 50.8 Å². The summed E-state index contributed by atoms with van der Waals surface area (Å²) in [6, 6.07) is 31.1. The quantitative estimate of drug-likeness (QED) is 0.0923. The average molecular weight is 913 g/mol. The van der Waals surface area contributed by atoms with E-state index in [9.17, 15) is 28.8 Å². The first-order valence-corrected chi connectivity index (χ1v) is 23.2. The zero-order valence-electron chi connectivity index (χ0n) is 38.1. The first kappa shape index (κ1) is 49.7. The lowest BCUT2D eigenvalue weighted by Crippen LogP contribution is -2.58. The van der Waals surface area contributed by atoms with Crippen molar-refractivity contribution in [3.05, 3.63) is 143 Å². The smallest absolute Gasteiger partial charge is 0.246 e. The maximum Gasteiger partial charge on any atom is 0.246 e. The van der Waals surface area contributed by atoms with Crippen molar-refractivity contribution >= 4 is 35.4 Å². The molecule has 1 saturated heterocycles. The fourth-order valence-electron chi connectivity index (χ4n) is 8.58. The Hall–Kier alpha value is -6.68. The number of carbonyl (C=O) groups excluding carboxylic acids is 6. The van der Waals surface area contributed by atoms with E-state index in [1.807, 2.05) is 66.7 Å². The zero-order chi connectivity index (χ0) is 47.4. The Kier molecular flexibility index (Phi) is 18.8. The number of piperidine rings is 1. The van der Waals surface area contributed by atoms with Crippen molar-refractivity contribution in [2.24, 2.45) is 16.9 Å². The lowest BCUT2D eigenvalue weighted by molar-refractivity contribution is -0.141. The van der Waals surface area contributed by atoms with Gasteiger partial charge >= 0.3 is 0 Å². The Labute approximate surface area is 392 Å². The molecule has 2 aliphatic heterocycles. The van der Waals surface area contributed by atoms with Crippen LogP contribution in [0, 0.1) is 5.41 Å². The van der Waals surface area contributed by atoms with E-state index >= 15 is 0 Å². The van der Waals surface area contributed by atoms with Crippen LogP contribution >= 0.6 is 0 Å². The van der Waals surface area contributed by atoms with E-state index in [1.165, 1.54) is 11.6 Å². The van der Waals surface area contributed by atoms with Crippen LogP contribution in [0.5, 0.6) is 0 Å². The third kappa shape index (κ3) is 14.9. The summed E-state index contributed by atoms with van der Waals surface area (Å²) in [7, 11) is 0. The molecule has 4 aromatic carbocycles. The number of nitrogens with zero attached hydrogens (tertiary/aromatic N) is 1. The molecule has 2 heterocycles. The molecule has 3 atom stereocenters. The van der Waals surface area contributed by atoms with Crippen LogP contribution in [-0.4, -0.2) is 105 Å². The van der Waals surface area contributed by atoms with Crippen molar-refractivity contribution in [3.63, 3.8) is 0 Å². The van der Waals surface area contributed by atoms with Crippen molar-refractivity contribution in [1.29, 1.82) is 0 Å². The van der Waals surface area contributed by atoms with Crippen LogP contribution in [0.25, 0.3) is 11.1 Å². The maximum atomic E-state index is 14.9. The van der Waals surface area contributed by atoms with Crippen LogP contribution in [0.1, 0.15) is 53.5 Å². The van der Waals surface area contributed by atoms with Crippen LogP contribution in [0.4, 0.5) is 0 Å². The van der Waals surface area contributed by atoms with Gasteiger partial charge in [0, 0.05) is 57.8 Å². The van der Waals surface area contributed by atoms with Gasteiger partial charge in [0.05, 0.1) is 25.0 Å². The molecule has 6 amide bonds. The molecule has 67 heavy (non-hydrogen) atoms. The summed E-state index contributed by atoms with van der Waals surface area (Å²) in [5.74, 6) is -2.69. The summed E-state index contributed by atoms with van der Waals surface area (Å²) in [6.45, 7) is 2.22. The summed E-state index contributed by atoms with van der Waals surface area (Å²) >= 11 is 0. The summed E-state index contributed by atoms with van der Waals surface area (Å²) in [5.41, 5.74) is 16.4. The SMILES string of the molecule is NCCCc1ccc(-c2ccc(C[C@@H]3NC(=O)[C@]4(Cc5ccccc5)CCCN(C4)C(=O)/C=C/C(=O)NCC[C@@H](C(=O)NCCOCCN)NC(=O)Cc4ccccc4CNC3=O)cc2)cc1. The Morgan fingerprint density at radius 1 is 0.761 bits per heavy atom. The van der Waals surface area contributed by atoms with E-state index in [1.54, 1.807) is 17.0 Å². The molecule has 6 rings (SSSR count). The van der Waals surface area contributed by atoms with Crippen molar-refractivity contribution in [2.75, 3.05) is 52.5 Å². The molecule has 15 heteroatoms. The number of hydrogen-bond donors (Lipinski definition) is 7. The fraction of sp³-hybridized carbons (Fsp3) is 0.385. The molecule has 354 valence electrons. The van der Waals surface area contributed by atoms with Crippen molar-refractivity contribution in [3.8, 4) is 11.1 Å². The summed E-state index contributed by atoms with van der Waals surface area (Å²) < 4.78 is 5.37. The number of ether oxygens (including phenoxy) is 1. The van der Waals surface area contributed by atoms with Gasteiger partial charge in [-0.3, -0.25) is 28.8 Å². The number of rotatable bonds is 14. The molecular weight excluding hydrogens is 849 g/mol. The highest BCUT2D eigenvalue weighted by molar-refractivity contribution is 5.97. The summed E-state index contributed by atoms with van der Waals surface area (Å²) in [4.78, 5) is 84.7. The van der Waals surface area contributed by atoms with Gasteiger partial charge in [-0.1, -0.05) is 103 Å². The first-order chi connectivity index (χ1) is 32.6. The molecule has 0 unspecified atom stereocenters. The monoisotopic (exact) mass is 912 g/mol. The number of benzene rings is 4. The van der Waals surface area contributed by atoms with Gasteiger partial charge in [-0.2, -0.15) is 0 Å². The minimum atomic E-state index is -1.10. The standard InChI is InChI=1S/C52H64N8O7/c53-25-6-10-37-13-17-40(18-14-37)41-19-15-38(16-20-41)32-45-50(65)57-35-43-12-5-4-11-42(43)33-47(62)58-44(49(64)56-28-31-67-30-26-54)23-27-55-46(61)21-22-48(63)60-29-7-24-52(36-60,51(66)59-45)34-39-8-2-1-3-9-39/h1-5,8-9,11-22,44-45H,6-7,10,23-36,53-54H2,(H,55,61)(H,56,64)(H,57,65)(H,58,62)(H,59,66)/b22-21+/t44-,45-,52-/m0/s1. The van der Waals surface area contributed by atoms with Crippen LogP contribution in [0.3, 0.4) is 0 Å². The Balaban J connectivity index is 1.29. The molecular formula is C52H64N8O7. The van der Waals surface area contributed by atoms with E-state index in [0.29, 0.717) is 56.6 Å². The van der Waals surface area contributed by atoms with Gasteiger partial charge in [-0.25, -0.2) is 0 Å². The predicted molar refractivity (Wildman–Crippen MR) is 257 cm³/mol. The van der Waals surface area contributed by atoms with Gasteiger partial charge in [0.2, 0.25) is 35.4 Å². The van der Waals surface area contributed by atoms with Gasteiger partial charge < -0.3 is 47.7 Å². The normalized spacial score (nSPS) is 20.4. The van der Waals surface area contributed by atoms with Crippen LogP contribution < -0.4 is 38.1 Å². The molecule has 15 nitrogen and oxygen atoms in total. The summed E-state index contributed by atoms with van der Waals surface area (Å²) in [6.07, 6.45) is 5.55. The largest absolute Gasteiger partial charge is 0.378 e. The fourth-order valence-corrected chi connectivity index (χ4v) is 8.58. The number of hydrogen-bond acceptors (Lipinski definition) is 9. The second-order valence-electron chi connectivity index (χ2n) is 17.2. The summed E-state index contributed by atoms with van der Waals surface area (Å²) in [5, 5.41) is 14.5. The van der Waals surface area contributed by atoms with Crippen molar-refractivity contribution in [2.45, 2.75) is 70.0 Å². The number of aryl methyl sites for hydroxylation is 1. The minimum Gasteiger partial charge on any atom is -0.378 e. The van der Waals surface area contributed by atoms with Crippen molar-refractivity contribution in [1.82, 2.24) is 31.5 Å². The molecule has 0 spiro atoms. The molecule has 1 fully saturated rings. The third-order valence-electron chi connectivity index (χ3n) is 12.2. The average Bonchev–Trinajstić information content (AvgIpc) is 3.34.